The van der Waals surface area contributed by atoms with E-state index in [4.69, 9.17) is 10.5 Å². The molecule has 0 spiro atoms. The molecule has 17 heavy (non-hydrogen) atoms. The first-order valence-corrected chi connectivity index (χ1v) is 6.80. The molecule has 0 aromatic heterocycles. The van der Waals surface area contributed by atoms with Crippen molar-refractivity contribution in [2.24, 2.45) is 11.7 Å². The highest BCUT2D eigenvalue weighted by atomic mass is 16.5. The van der Waals surface area contributed by atoms with Gasteiger partial charge in [0.1, 0.15) is 0 Å². The van der Waals surface area contributed by atoms with E-state index in [1.165, 1.54) is 25.7 Å². The average Bonchev–Trinajstić information content (AvgIpc) is 2.85. The highest BCUT2D eigenvalue weighted by Gasteiger charge is 2.19. The van der Waals surface area contributed by atoms with Crippen LogP contribution < -0.4 is 11.1 Å². The van der Waals surface area contributed by atoms with Gasteiger partial charge in [0.15, 0.2) is 0 Å². The summed E-state index contributed by atoms with van der Waals surface area (Å²) in [5.41, 5.74) is 5.82. The van der Waals surface area contributed by atoms with Crippen molar-refractivity contribution in [1.29, 1.82) is 0 Å². The maximum absolute atomic E-state index is 11.6. The van der Waals surface area contributed by atoms with Gasteiger partial charge in [-0.2, -0.15) is 0 Å². The monoisotopic (exact) mass is 242 g/mol. The van der Waals surface area contributed by atoms with Crippen molar-refractivity contribution in [2.45, 2.75) is 58.1 Å². The fraction of sp³-hybridized carbons (Fsp3) is 0.923. The van der Waals surface area contributed by atoms with E-state index in [1.54, 1.807) is 0 Å². The Morgan fingerprint density at radius 1 is 1.47 bits per heavy atom. The predicted octanol–water partition coefficient (Wildman–Crippen LogP) is 1.44. The number of carbonyl (C=O) groups excluding carboxylic acids is 1. The largest absolute Gasteiger partial charge is 0.376 e. The SMILES string of the molecule is CCC(C)[C@H](N)C(=O)NCCOC1CCCC1. The van der Waals surface area contributed by atoms with Gasteiger partial charge >= 0.3 is 0 Å². The third kappa shape index (κ3) is 5.04. The molecule has 3 N–H and O–H groups in total. The third-order valence-corrected chi connectivity index (χ3v) is 3.62. The summed E-state index contributed by atoms with van der Waals surface area (Å²) < 4.78 is 5.66. The van der Waals surface area contributed by atoms with Crippen LogP contribution in [0.25, 0.3) is 0 Å². The molecule has 0 aromatic carbocycles. The predicted molar refractivity (Wildman–Crippen MR) is 68.6 cm³/mol. The van der Waals surface area contributed by atoms with Gasteiger partial charge in [-0.05, 0) is 18.8 Å². The minimum Gasteiger partial charge on any atom is -0.376 e. The number of nitrogens with one attached hydrogen (secondary N) is 1. The molecule has 1 aliphatic carbocycles. The molecule has 1 rings (SSSR count). The molecule has 0 heterocycles. The van der Waals surface area contributed by atoms with Gasteiger partial charge in [0.2, 0.25) is 5.91 Å². The number of nitrogens with two attached hydrogens (primary N) is 1. The van der Waals surface area contributed by atoms with Gasteiger partial charge in [-0.25, -0.2) is 0 Å². The summed E-state index contributed by atoms with van der Waals surface area (Å²) in [5.74, 6) is 0.167. The molecule has 1 fully saturated rings. The Labute approximate surface area is 104 Å². The molecule has 0 radical (unpaired) electrons. The van der Waals surface area contributed by atoms with Gasteiger partial charge in [-0.3, -0.25) is 4.79 Å². The van der Waals surface area contributed by atoms with Crippen molar-refractivity contribution in [2.75, 3.05) is 13.2 Å². The summed E-state index contributed by atoms with van der Waals surface area (Å²) in [6, 6.07) is -0.397. The fourth-order valence-corrected chi connectivity index (χ4v) is 2.09. The van der Waals surface area contributed by atoms with Crippen LogP contribution in [0.15, 0.2) is 0 Å². The molecular weight excluding hydrogens is 216 g/mol. The second-order valence-electron chi connectivity index (χ2n) is 4.98. The lowest BCUT2D eigenvalue weighted by Crippen LogP contribution is -2.45. The first-order chi connectivity index (χ1) is 8.15. The van der Waals surface area contributed by atoms with Crippen LogP contribution in [-0.2, 0) is 9.53 Å². The lowest BCUT2D eigenvalue weighted by molar-refractivity contribution is -0.123. The van der Waals surface area contributed by atoms with Gasteiger partial charge in [-0.15, -0.1) is 0 Å². The summed E-state index contributed by atoms with van der Waals surface area (Å²) in [4.78, 5) is 11.6. The van der Waals surface area contributed by atoms with Crippen molar-refractivity contribution in [1.82, 2.24) is 5.32 Å². The first kappa shape index (κ1) is 14.5. The molecular formula is C13H26N2O2. The molecule has 0 bridgehead atoms. The molecule has 4 heteroatoms. The number of rotatable bonds is 7. The summed E-state index contributed by atoms with van der Waals surface area (Å²) in [6.07, 6.45) is 6.22. The molecule has 2 atom stereocenters. The smallest absolute Gasteiger partial charge is 0.237 e. The van der Waals surface area contributed by atoms with Crippen LogP contribution in [0.1, 0.15) is 46.0 Å². The maximum Gasteiger partial charge on any atom is 0.237 e. The number of hydrogen-bond acceptors (Lipinski definition) is 3. The molecule has 4 nitrogen and oxygen atoms in total. The highest BCUT2D eigenvalue weighted by molar-refractivity contribution is 5.81. The van der Waals surface area contributed by atoms with Crippen molar-refractivity contribution >= 4 is 5.91 Å². The highest BCUT2D eigenvalue weighted by Crippen LogP contribution is 2.20. The molecule has 0 aromatic rings. The molecule has 1 amide bonds. The van der Waals surface area contributed by atoms with Crippen LogP contribution >= 0.6 is 0 Å². The Balaban J connectivity index is 2.06. The van der Waals surface area contributed by atoms with Gasteiger partial charge < -0.3 is 15.8 Å². The van der Waals surface area contributed by atoms with Gasteiger partial charge in [0.05, 0.1) is 18.8 Å². The van der Waals surface area contributed by atoms with E-state index in [9.17, 15) is 4.79 Å². The zero-order valence-corrected chi connectivity index (χ0v) is 11.1. The number of hydrogen-bond donors (Lipinski definition) is 2. The van der Waals surface area contributed by atoms with E-state index in [1.807, 2.05) is 13.8 Å². The fourth-order valence-electron chi connectivity index (χ4n) is 2.09. The van der Waals surface area contributed by atoms with Crippen molar-refractivity contribution in [3.63, 3.8) is 0 Å². The zero-order chi connectivity index (χ0) is 12.7. The van der Waals surface area contributed by atoms with Gasteiger partial charge in [0.25, 0.3) is 0 Å². The summed E-state index contributed by atoms with van der Waals surface area (Å²) in [7, 11) is 0. The first-order valence-electron chi connectivity index (χ1n) is 6.80. The zero-order valence-electron chi connectivity index (χ0n) is 11.1. The third-order valence-electron chi connectivity index (χ3n) is 3.62. The van der Waals surface area contributed by atoms with Crippen LogP contribution in [0, 0.1) is 5.92 Å². The lowest BCUT2D eigenvalue weighted by atomic mass is 9.99. The Hall–Kier alpha value is -0.610. The van der Waals surface area contributed by atoms with Crippen LogP contribution in [0.5, 0.6) is 0 Å². The molecule has 0 saturated heterocycles. The van der Waals surface area contributed by atoms with Crippen LogP contribution in [0.3, 0.4) is 0 Å². The van der Waals surface area contributed by atoms with E-state index in [0.717, 1.165) is 6.42 Å². The van der Waals surface area contributed by atoms with E-state index in [2.05, 4.69) is 5.32 Å². The Kier molecular flexibility index (Phi) is 6.52. The standard InChI is InChI=1S/C13H26N2O2/c1-3-10(2)12(14)13(16)15-8-9-17-11-6-4-5-7-11/h10-12H,3-9,14H2,1-2H3,(H,15,16)/t10?,12-/m0/s1. The number of carbonyl (C=O) groups is 1. The molecule has 1 unspecified atom stereocenters. The molecule has 1 aliphatic rings. The van der Waals surface area contributed by atoms with Crippen LogP contribution in [0.4, 0.5) is 0 Å². The van der Waals surface area contributed by atoms with Crippen LogP contribution in [0.2, 0.25) is 0 Å². The van der Waals surface area contributed by atoms with E-state index < -0.39 is 6.04 Å². The van der Waals surface area contributed by atoms with E-state index in [-0.39, 0.29) is 11.8 Å². The average molecular weight is 242 g/mol. The lowest BCUT2D eigenvalue weighted by Gasteiger charge is -2.18. The summed E-state index contributed by atoms with van der Waals surface area (Å²) >= 11 is 0. The van der Waals surface area contributed by atoms with Crippen molar-refractivity contribution in [3.05, 3.63) is 0 Å². The van der Waals surface area contributed by atoms with E-state index in [0.29, 0.717) is 19.3 Å². The van der Waals surface area contributed by atoms with Gasteiger partial charge in [-0.1, -0.05) is 33.1 Å². The second kappa shape index (κ2) is 7.67. The Morgan fingerprint density at radius 2 is 2.12 bits per heavy atom. The summed E-state index contributed by atoms with van der Waals surface area (Å²) in [5, 5.41) is 2.83. The number of amides is 1. The Bertz CT molecular complexity index is 227. The quantitative estimate of drug-likeness (QED) is 0.664. The normalized spacial score (nSPS) is 20.2. The minimum absolute atomic E-state index is 0.0608. The molecule has 0 aliphatic heterocycles. The maximum atomic E-state index is 11.6. The second-order valence-corrected chi connectivity index (χ2v) is 4.98. The molecule has 1 saturated carbocycles. The van der Waals surface area contributed by atoms with E-state index >= 15 is 0 Å². The van der Waals surface area contributed by atoms with Crippen molar-refractivity contribution < 1.29 is 9.53 Å². The van der Waals surface area contributed by atoms with Gasteiger partial charge in [0, 0.05) is 6.54 Å². The number of ether oxygens (including phenoxy) is 1. The summed E-state index contributed by atoms with van der Waals surface area (Å²) in [6.45, 7) is 5.21. The Morgan fingerprint density at radius 3 is 2.71 bits per heavy atom. The van der Waals surface area contributed by atoms with Crippen LogP contribution in [-0.4, -0.2) is 31.2 Å². The van der Waals surface area contributed by atoms with Crippen molar-refractivity contribution in [3.8, 4) is 0 Å². The topological polar surface area (TPSA) is 64.4 Å². The minimum atomic E-state index is -0.397. The molecule has 100 valence electrons.